The molecule has 1 fully saturated rings. The molecule has 6 nitrogen and oxygen atoms in total. The van der Waals surface area contributed by atoms with Crippen molar-refractivity contribution < 1.29 is 19.1 Å². The summed E-state index contributed by atoms with van der Waals surface area (Å²) in [6, 6.07) is 16.9. The average Bonchev–Trinajstić information content (AvgIpc) is 2.79. The molecule has 0 radical (unpaired) electrons. The van der Waals surface area contributed by atoms with Crippen molar-refractivity contribution in [2.24, 2.45) is 0 Å². The molecule has 0 saturated carbocycles. The van der Waals surface area contributed by atoms with Crippen LogP contribution in [0, 0.1) is 6.92 Å². The molecule has 0 atom stereocenters. The van der Waals surface area contributed by atoms with Gasteiger partial charge in [-0.1, -0.05) is 61.7 Å². The van der Waals surface area contributed by atoms with E-state index >= 15 is 0 Å². The van der Waals surface area contributed by atoms with E-state index in [1.165, 1.54) is 6.08 Å². The van der Waals surface area contributed by atoms with E-state index in [9.17, 15) is 14.4 Å². The van der Waals surface area contributed by atoms with Crippen LogP contribution in [0.25, 0.3) is 6.08 Å². The second-order valence-electron chi connectivity index (χ2n) is 7.50. The third kappa shape index (κ3) is 5.24. The van der Waals surface area contributed by atoms with Gasteiger partial charge < -0.3 is 4.74 Å². The number of rotatable bonds is 5. The predicted molar refractivity (Wildman–Crippen MR) is 138 cm³/mol. The first-order chi connectivity index (χ1) is 16.2. The van der Waals surface area contributed by atoms with Crippen LogP contribution in [0.2, 0.25) is 5.02 Å². The van der Waals surface area contributed by atoms with Gasteiger partial charge in [0.05, 0.1) is 10.7 Å². The van der Waals surface area contributed by atoms with Gasteiger partial charge in [-0.2, -0.15) is 0 Å². The van der Waals surface area contributed by atoms with Gasteiger partial charge >= 0.3 is 6.03 Å². The summed E-state index contributed by atoms with van der Waals surface area (Å²) in [6.45, 7) is 2.17. The fourth-order valence-electron chi connectivity index (χ4n) is 3.29. The number of hydrogen-bond acceptors (Lipinski definition) is 4. The number of benzene rings is 3. The molecule has 0 aromatic heterocycles. The quantitative estimate of drug-likeness (QED) is 0.270. The molecular weight excluding hydrogens is 588 g/mol. The smallest absolute Gasteiger partial charge is 0.335 e. The SMILES string of the molecule is Cc1cc(N2C(=O)NC(=O)/C(=C/c3ccc(OCc4ccc(Br)cc4)c(Cl)c3)C2=O)ccc1Br. The average molecular weight is 605 g/mol. The number of imide groups is 2. The van der Waals surface area contributed by atoms with Gasteiger partial charge in [0.15, 0.2) is 0 Å². The lowest BCUT2D eigenvalue weighted by Gasteiger charge is -2.26. The third-order valence-corrected chi connectivity index (χ3v) is 6.79. The van der Waals surface area contributed by atoms with Gasteiger partial charge in [-0.25, -0.2) is 9.69 Å². The fraction of sp³-hybridized carbons (Fsp3) is 0.0800. The van der Waals surface area contributed by atoms with Crippen molar-refractivity contribution in [1.82, 2.24) is 5.32 Å². The van der Waals surface area contributed by atoms with E-state index in [4.69, 9.17) is 16.3 Å². The molecule has 0 aliphatic carbocycles. The minimum absolute atomic E-state index is 0.181. The van der Waals surface area contributed by atoms with Crippen molar-refractivity contribution in [3.8, 4) is 5.75 Å². The molecule has 9 heteroatoms. The normalized spacial score (nSPS) is 15.0. The minimum Gasteiger partial charge on any atom is -0.487 e. The molecule has 4 amide bonds. The molecule has 0 bridgehead atoms. The molecule has 1 aliphatic heterocycles. The number of nitrogens with one attached hydrogen (secondary N) is 1. The number of carbonyl (C=O) groups is 3. The number of nitrogens with zero attached hydrogens (tertiary/aromatic N) is 1. The summed E-state index contributed by atoms with van der Waals surface area (Å²) >= 11 is 13.2. The number of halogens is 3. The number of aryl methyl sites for hydroxylation is 1. The topological polar surface area (TPSA) is 75.7 Å². The number of ether oxygens (including phenoxy) is 1. The van der Waals surface area contributed by atoms with Crippen molar-refractivity contribution >= 4 is 73.1 Å². The summed E-state index contributed by atoms with van der Waals surface area (Å²) in [5, 5.41) is 2.54. The van der Waals surface area contributed by atoms with Crippen LogP contribution in [0.1, 0.15) is 16.7 Å². The van der Waals surface area contributed by atoms with Gasteiger partial charge in [-0.05, 0) is 72.2 Å². The first-order valence-corrected chi connectivity index (χ1v) is 12.0. The Morgan fingerprint density at radius 3 is 2.41 bits per heavy atom. The van der Waals surface area contributed by atoms with Crippen LogP contribution in [0.4, 0.5) is 10.5 Å². The maximum atomic E-state index is 13.1. The Hall–Kier alpha value is -2.94. The molecule has 172 valence electrons. The van der Waals surface area contributed by atoms with Gasteiger partial charge in [-0.3, -0.25) is 14.9 Å². The van der Waals surface area contributed by atoms with Crippen molar-refractivity contribution in [2.45, 2.75) is 13.5 Å². The molecule has 0 unspecified atom stereocenters. The zero-order valence-corrected chi connectivity index (χ0v) is 21.7. The molecule has 1 aliphatic rings. The monoisotopic (exact) mass is 602 g/mol. The van der Waals surface area contributed by atoms with Crippen molar-refractivity contribution in [3.05, 3.63) is 96.9 Å². The highest BCUT2D eigenvalue weighted by atomic mass is 79.9. The third-order valence-electron chi connectivity index (χ3n) is 5.08. The van der Waals surface area contributed by atoms with Crippen LogP contribution in [0.5, 0.6) is 5.75 Å². The van der Waals surface area contributed by atoms with Crippen molar-refractivity contribution in [1.29, 1.82) is 0 Å². The number of carbonyl (C=O) groups excluding carboxylic acids is 3. The molecule has 3 aromatic rings. The highest BCUT2D eigenvalue weighted by molar-refractivity contribution is 9.10. The molecule has 4 rings (SSSR count). The lowest BCUT2D eigenvalue weighted by Crippen LogP contribution is -2.54. The summed E-state index contributed by atoms with van der Waals surface area (Å²) < 4.78 is 7.60. The Bertz CT molecular complexity index is 1340. The zero-order valence-electron chi connectivity index (χ0n) is 17.8. The molecule has 3 aromatic carbocycles. The largest absolute Gasteiger partial charge is 0.487 e. The van der Waals surface area contributed by atoms with Crippen LogP contribution < -0.4 is 15.0 Å². The van der Waals surface area contributed by atoms with Gasteiger partial charge in [0.2, 0.25) is 0 Å². The standard InChI is InChI=1S/C25H17Br2ClN2O4/c1-14-10-18(7-8-20(14)27)30-24(32)19(23(31)29-25(30)33)11-16-4-9-22(21(28)12-16)34-13-15-2-5-17(26)6-3-15/h2-12H,13H2,1H3,(H,29,31,33)/b19-11-. The second kappa shape index (κ2) is 10.1. The van der Waals surface area contributed by atoms with E-state index in [0.29, 0.717) is 28.6 Å². The molecule has 1 saturated heterocycles. The van der Waals surface area contributed by atoms with Crippen LogP contribution in [0.15, 0.2) is 75.2 Å². The van der Waals surface area contributed by atoms with E-state index in [1.54, 1.807) is 36.4 Å². The van der Waals surface area contributed by atoms with E-state index in [2.05, 4.69) is 37.2 Å². The molecule has 0 spiro atoms. The lowest BCUT2D eigenvalue weighted by atomic mass is 10.1. The van der Waals surface area contributed by atoms with Gasteiger partial charge in [0, 0.05) is 8.95 Å². The molecule has 1 heterocycles. The highest BCUT2D eigenvalue weighted by Gasteiger charge is 2.36. The van der Waals surface area contributed by atoms with Gasteiger partial charge in [0.1, 0.15) is 17.9 Å². The van der Waals surface area contributed by atoms with E-state index in [0.717, 1.165) is 25.0 Å². The molecule has 1 N–H and O–H groups in total. The highest BCUT2D eigenvalue weighted by Crippen LogP contribution is 2.29. The second-order valence-corrected chi connectivity index (χ2v) is 9.67. The predicted octanol–water partition coefficient (Wildman–Crippen LogP) is 6.42. The summed E-state index contributed by atoms with van der Waals surface area (Å²) in [4.78, 5) is 38.9. The Balaban J connectivity index is 1.56. The zero-order chi connectivity index (χ0) is 24.4. The maximum absolute atomic E-state index is 13.1. The van der Waals surface area contributed by atoms with Crippen molar-refractivity contribution in [3.63, 3.8) is 0 Å². The van der Waals surface area contributed by atoms with E-state index < -0.39 is 17.8 Å². The fourth-order valence-corrected chi connectivity index (χ4v) is 4.05. The number of barbiturate groups is 1. The van der Waals surface area contributed by atoms with E-state index in [1.807, 2.05) is 31.2 Å². The molecular formula is C25H17Br2ClN2O4. The van der Waals surface area contributed by atoms with Crippen LogP contribution >= 0.6 is 43.5 Å². The number of urea groups is 1. The number of amides is 4. The Kier molecular flexibility index (Phi) is 7.21. The van der Waals surface area contributed by atoms with Crippen LogP contribution in [0.3, 0.4) is 0 Å². The van der Waals surface area contributed by atoms with Gasteiger partial charge in [-0.15, -0.1) is 0 Å². The Morgan fingerprint density at radius 2 is 1.74 bits per heavy atom. The summed E-state index contributed by atoms with van der Waals surface area (Å²) in [5.74, 6) is -1.03. The van der Waals surface area contributed by atoms with Gasteiger partial charge in [0.25, 0.3) is 11.8 Å². The van der Waals surface area contributed by atoms with E-state index in [-0.39, 0.29) is 5.57 Å². The van der Waals surface area contributed by atoms with Crippen LogP contribution in [-0.2, 0) is 16.2 Å². The summed E-state index contributed by atoms with van der Waals surface area (Å²) in [6.07, 6.45) is 1.40. The number of hydrogen-bond donors (Lipinski definition) is 1. The number of anilines is 1. The van der Waals surface area contributed by atoms with Crippen LogP contribution in [-0.4, -0.2) is 17.8 Å². The minimum atomic E-state index is -0.802. The first kappa shape index (κ1) is 24.2. The summed E-state index contributed by atoms with van der Waals surface area (Å²) in [7, 11) is 0. The van der Waals surface area contributed by atoms with Crippen molar-refractivity contribution in [2.75, 3.05) is 4.90 Å². The molecule has 34 heavy (non-hydrogen) atoms. The lowest BCUT2D eigenvalue weighted by molar-refractivity contribution is -0.122. The maximum Gasteiger partial charge on any atom is 0.335 e. The first-order valence-electron chi connectivity index (χ1n) is 10.1. The Morgan fingerprint density at radius 1 is 1.00 bits per heavy atom. The Labute approximate surface area is 217 Å². The summed E-state index contributed by atoms with van der Waals surface area (Å²) in [5.41, 5.74) is 2.51.